The van der Waals surface area contributed by atoms with Gasteiger partial charge in [-0.3, -0.25) is 9.78 Å². The van der Waals surface area contributed by atoms with Gasteiger partial charge in [-0.25, -0.2) is 0 Å². The second-order valence-electron chi connectivity index (χ2n) is 11.6. The van der Waals surface area contributed by atoms with Gasteiger partial charge in [-0.05, 0) is 82.2 Å². The fourth-order valence-corrected chi connectivity index (χ4v) is 4.98. The van der Waals surface area contributed by atoms with E-state index in [2.05, 4.69) is 72.8 Å². The molecule has 1 aliphatic rings. The van der Waals surface area contributed by atoms with Crippen LogP contribution in [-0.4, -0.2) is 16.6 Å². The van der Waals surface area contributed by atoms with Crippen LogP contribution in [0.4, 0.5) is 0 Å². The number of pyridine rings is 1. The van der Waals surface area contributed by atoms with Gasteiger partial charge in [0.25, 0.3) is 0 Å². The molecule has 1 fully saturated rings. The molecule has 1 aliphatic carbocycles. The zero-order valence-corrected chi connectivity index (χ0v) is 23.9. The molecule has 0 aliphatic heterocycles. The first-order valence-electron chi connectivity index (χ1n) is 14.5. The van der Waals surface area contributed by atoms with E-state index >= 15 is 0 Å². The molecule has 0 saturated heterocycles. The Morgan fingerprint density at radius 3 is 2.38 bits per heavy atom. The van der Waals surface area contributed by atoms with Gasteiger partial charge in [0.05, 0.1) is 11.2 Å². The van der Waals surface area contributed by atoms with Gasteiger partial charge in [-0.15, -0.1) is 0 Å². The van der Waals surface area contributed by atoms with Gasteiger partial charge in [-0.1, -0.05) is 72.8 Å². The van der Waals surface area contributed by atoms with Gasteiger partial charge in [0.2, 0.25) is 0 Å². The largest absolute Gasteiger partial charge is 0.489 e. The van der Waals surface area contributed by atoms with Crippen LogP contribution < -0.4 is 4.74 Å². The predicted octanol–water partition coefficient (Wildman–Crippen LogP) is 9.27. The van der Waals surface area contributed by atoms with Gasteiger partial charge < -0.3 is 9.47 Å². The van der Waals surface area contributed by atoms with E-state index in [1.54, 1.807) is 0 Å². The summed E-state index contributed by atoms with van der Waals surface area (Å²) in [5, 5.41) is 1.16. The van der Waals surface area contributed by atoms with Crippen molar-refractivity contribution in [1.82, 2.24) is 4.98 Å². The molecule has 1 heterocycles. The van der Waals surface area contributed by atoms with Crippen molar-refractivity contribution in [2.75, 3.05) is 0 Å². The average Bonchev–Trinajstić information content (AvgIpc) is 3.79. The minimum Gasteiger partial charge on any atom is -0.489 e. The van der Waals surface area contributed by atoms with Crippen molar-refractivity contribution in [3.8, 4) is 16.9 Å². The molecule has 0 spiro atoms. The number of nitrogens with zero attached hydrogens (tertiary/aromatic N) is 1. The van der Waals surface area contributed by atoms with Crippen molar-refractivity contribution < 1.29 is 14.3 Å². The summed E-state index contributed by atoms with van der Waals surface area (Å²) in [6, 6.07) is 27.1. The summed E-state index contributed by atoms with van der Waals surface area (Å²) in [6.07, 6.45) is 10.0. The van der Waals surface area contributed by atoms with Crippen LogP contribution in [0.3, 0.4) is 0 Å². The molecular weight excluding hydrogens is 494 g/mol. The molecule has 206 valence electrons. The highest BCUT2D eigenvalue weighted by Gasteiger charge is 2.29. The topological polar surface area (TPSA) is 48.4 Å². The van der Waals surface area contributed by atoms with Crippen LogP contribution in [0.25, 0.3) is 28.1 Å². The number of ether oxygens (including phenoxy) is 2. The zero-order valence-electron chi connectivity index (χ0n) is 23.9. The summed E-state index contributed by atoms with van der Waals surface area (Å²) in [4.78, 5) is 17.2. The van der Waals surface area contributed by atoms with Crippen molar-refractivity contribution in [2.45, 2.75) is 77.4 Å². The van der Waals surface area contributed by atoms with E-state index in [1.165, 1.54) is 29.7 Å². The van der Waals surface area contributed by atoms with Crippen molar-refractivity contribution in [2.24, 2.45) is 0 Å². The summed E-state index contributed by atoms with van der Waals surface area (Å²) in [6.45, 7) is 6.27. The standard InChI is InChI=1S/C36H39NO3/c1-36(2,3)40-33(38)18-10-5-4-9-16-31-34(30-15-11-12-17-32(30)37-35(31)28-19-20-28)27-21-23-29(24-22-27)39-25-26-13-7-6-8-14-26/h6-9,11-17,21-24,28H,4-5,10,18-20,25H2,1-3H3/b16-9+. The van der Waals surface area contributed by atoms with Gasteiger partial charge in [-0.2, -0.15) is 0 Å². The van der Waals surface area contributed by atoms with E-state index in [1.807, 2.05) is 39.0 Å². The normalized spacial score (nSPS) is 13.6. The van der Waals surface area contributed by atoms with Crippen molar-refractivity contribution >= 4 is 22.9 Å². The Labute approximate surface area is 238 Å². The van der Waals surface area contributed by atoms with Crippen LogP contribution in [0, 0.1) is 0 Å². The summed E-state index contributed by atoms with van der Waals surface area (Å²) in [7, 11) is 0. The number of rotatable bonds is 11. The predicted molar refractivity (Wildman–Crippen MR) is 163 cm³/mol. The molecule has 4 aromatic rings. The van der Waals surface area contributed by atoms with E-state index in [-0.39, 0.29) is 5.97 Å². The first-order chi connectivity index (χ1) is 19.4. The van der Waals surface area contributed by atoms with E-state index in [9.17, 15) is 4.79 Å². The molecule has 0 amide bonds. The minimum atomic E-state index is -0.429. The third kappa shape index (κ3) is 7.38. The molecule has 1 saturated carbocycles. The number of fused-ring (bicyclic) bond motifs is 1. The maximum atomic E-state index is 12.0. The molecular formula is C36H39NO3. The maximum Gasteiger partial charge on any atom is 0.306 e. The van der Waals surface area contributed by atoms with Crippen molar-refractivity contribution in [3.05, 3.63) is 102 Å². The molecule has 3 aromatic carbocycles. The summed E-state index contributed by atoms with van der Waals surface area (Å²) in [5.41, 5.74) is 6.57. The number of carbonyl (C=O) groups excluding carboxylic acids is 1. The number of unbranched alkanes of at least 4 members (excludes halogenated alkanes) is 2. The van der Waals surface area contributed by atoms with Gasteiger partial charge in [0, 0.05) is 28.9 Å². The minimum absolute atomic E-state index is 0.121. The van der Waals surface area contributed by atoms with E-state index in [4.69, 9.17) is 14.5 Å². The molecule has 4 heteroatoms. The highest BCUT2D eigenvalue weighted by atomic mass is 16.6. The SMILES string of the molecule is CC(C)(C)OC(=O)CCCC/C=C/c1c(C2CC2)nc2ccccc2c1-c1ccc(OCc2ccccc2)cc1. The maximum absolute atomic E-state index is 12.0. The molecule has 0 N–H and O–H groups in total. The lowest BCUT2D eigenvalue weighted by Gasteiger charge is -2.19. The molecule has 40 heavy (non-hydrogen) atoms. The third-order valence-corrected chi connectivity index (χ3v) is 7.02. The summed E-state index contributed by atoms with van der Waals surface area (Å²) < 4.78 is 11.5. The number of hydrogen-bond acceptors (Lipinski definition) is 4. The fourth-order valence-electron chi connectivity index (χ4n) is 4.98. The zero-order chi connectivity index (χ0) is 28.0. The third-order valence-electron chi connectivity index (χ3n) is 7.02. The van der Waals surface area contributed by atoms with E-state index in [0.29, 0.717) is 18.9 Å². The lowest BCUT2D eigenvalue weighted by atomic mass is 9.92. The van der Waals surface area contributed by atoms with Crippen LogP contribution in [0.15, 0.2) is 84.9 Å². The fraction of sp³-hybridized carbons (Fsp3) is 0.333. The van der Waals surface area contributed by atoms with Crippen LogP contribution in [-0.2, 0) is 16.1 Å². The van der Waals surface area contributed by atoms with Crippen LogP contribution in [0.2, 0.25) is 0 Å². The van der Waals surface area contributed by atoms with Crippen molar-refractivity contribution in [1.29, 1.82) is 0 Å². The summed E-state index contributed by atoms with van der Waals surface area (Å²) in [5.74, 6) is 1.25. The van der Waals surface area contributed by atoms with E-state index < -0.39 is 5.60 Å². The number of esters is 1. The first kappa shape index (κ1) is 27.6. The number of hydrogen-bond donors (Lipinski definition) is 0. The van der Waals surface area contributed by atoms with Gasteiger partial charge in [0.1, 0.15) is 18.0 Å². The molecule has 5 rings (SSSR count). The Bertz CT molecular complexity index is 1460. The Kier molecular flexibility index (Phi) is 8.64. The molecule has 0 unspecified atom stereocenters. The van der Waals surface area contributed by atoms with Gasteiger partial charge >= 0.3 is 5.97 Å². The molecule has 1 aromatic heterocycles. The lowest BCUT2D eigenvalue weighted by Crippen LogP contribution is -2.23. The van der Waals surface area contributed by atoms with Crippen LogP contribution in [0.5, 0.6) is 5.75 Å². The van der Waals surface area contributed by atoms with E-state index in [0.717, 1.165) is 47.0 Å². The molecule has 0 bridgehead atoms. The molecule has 4 nitrogen and oxygen atoms in total. The highest BCUT2D eigenvalue weighted by molar-refractivity contribution is 5.99. The van der Waals surface area contributed by atoms with Crippen LogP contribution >= 0.6 is 0 Å². The number of carbonyl (C=O) groups is 1. The quantitative estimate of drug-likeness (QED) is 0.142. The second-order valence-corrected chi connectivity index (χ2v) is 11.6. The summed E-state index contributed by atoms with van der Waals surface area (Å²) >= 11 is 0. The highest BCUT2D eigenvalue weighted by Crippen LogP contribution is 2.45. The Morgan fingerprint density at radius 2 is 1.65 bits per heavy atom. The Morgan fingerprint density at radius 1 is 0.925 bits per heavy atom. The number of para-hydroxylation sites is 1. The average molecular weight is 534 g/mol. The molecule has 0 atom stereocenters. The second kappa shape index (κ2) is 12.5. The van der Waals surface area contributed by atoms with Crippen LogP contribution in [0.1, 0.15) is 82.0 Å². The first-order valence-corrected chi connectivity index (χ1v) is 14.5. The van der Waals surface area contributed by atoms with Gasteiger partial charge in [0.15, 0.2) is 0 Å². The smallest absolute Gasteiger partial charge is 0.306 e. The number of aromatic nitrogens is 1. The number of benzene rings is 3. The lowest BCUT2D eigenvalue weighted by molar-refractivity contribution is -0.154. The monoisotopic (exact) mass is 533 g/mol. The van der Waals surface area contributed by atoms with Crippen molar-refractivity contribution in [3.63, 3.8) is 0 Å². The molecule has 0 radical (unpaired) electrons. The number of allylic oxidation sites excluding steroid dienone is 1. The Hall–Kier alpha value is -3.92. The Balaban J connectivity index is 1.36.